The SMILES string of the molecule is CN(C)c1c[c-]ccn1.[Y]. The Morgan fingerprint density at radius 1 is 1.50 bits per heavy atom. The molecule has 1 aromatic heterocycles. The van der Waals surface area contributed by atoms with Crippen molar-refractivity contribution < 1.29 is 32.7 Å². The maximum atomic E-state index is 4.07. The molecule has 10 heavy (non-hydrogen) atoms. The summed E-state index contributed by atoms with van der Waals surface area (Å²) in [5, 5.41) is 0. The van der Waals surface area contributed by atoms with E-state index < -0.39 is 0 Å². The van der Waals surface area contributed by atoms with Crippen molar-refractivity contribution in [2.75, 3.05) is 19.0 Å². The van der Waals surface area contributed by atoms with Gasteiger partial charge in [-0.1, -0.05) is 6.20 Å². The summed E-state index contributed by atoms with van der Waals surface area (Å²) < 4.78 is 0. The van der Waals surface area contributed by atoms with Gasteiger partial charge in [0.15, 0.2) is 0 Å². The zero-order valence-electron chi connectivity index (χ0n) is 6.20. The third-order valence-corrected chi connectivity index (χ3v) is 1.05. The van der Waals surface area contributed by atoms with Crippen molar-refractivity contribution in [2.45, 2.75) is 0 Å². The summed E-state index contributed by atoms with van der Waals surface area (Å²) in [4.78, 5) is 6.01. The van der Waals surface area contributed by atoms with Gasteiger partial charge in [-0.3, -0.25) is 0 Å². The molecule has 0 aliphatic carbocycles. The molecule has 0 aliphatic rings. The number of anilines is 1. The molecule has 0 bridgehead atoms. The second-order valence-corrected chi connectivity index (χ2v) is 2.01. The minimum Gasteiger partial charge on any atom is -0.414 e. The standard InChI is InChI=1S/C7H9N2.Y/c1-9(2)7-5-3-4-6-8-7;/h4-6H,1-2H3;/q-1;. The van der Waals surface area contributed by atoms with E-state index in [4.69, 9.17) is 0 Å². The number of pyridine rings is 1. The van der Waals surface area contributed by atoms with Crippen molar-refractivity contribution >= 4 is 5.82 Å². The van der Waals surface area contributed by atoms with E-state index in [9.17, 15) is 0 Å². The summed E-state index contributed by atoms with van der Waals surface area (Å²) >= 11 is 0. The molecule has 0 fully saturated rings. The van der Waals surface area contributed by atoms with Gasteiger partial charge >= 0.3 is 0 Å². The van der Waals surface area contributed by atoms with Crippen LogP contribution in [0, 0.1) is 6.07 Å². The number of hydrogen-bond donors (Lipinski definition) is 0. The third kappa shape index (κ3) is 2.76. The molecule has 0 N–H and O–H groups in total. The predicted molar refractivity (Wildman–Crippen MR) is 37.4 cm³/mol. The fourth-order valence-corrected chi connectivity index (χ4v) is 0.561. The second kappa shape index (κ2) is 4.81. The van der Waals surface area contributed by atoms with E-state index >= 15 is 0 Å². The molecular weight excluding hydrogens is 201 g/mol. The van der Waals surface area contributed by atoms with E-state index in [2.05, 4.69) is 11.1 Å². The van der Waals surface area contributed by atoms with E-state index in [0.717, 1.165) is 5.82 Å². The summed E-state index contributed by atoms with van der Waals surface area (Å²) in [6.07, 6.45) is 1.73. The Balaban J connectivity index is 0.000000810. The van der Waals surface area contributed by atoms with Crippen molar-refractivity contribution in [3.05, 3.63) is 24.4 Å². The fraction of sp³-hybridized carbons (Fsp3) is 0.286. The summed E-state index contributed by atoms with van der Waals surface area (Å²) in [5.41, 5.74) is 0. The number of hydrogen-bond acceptors (Lipinski definition) is 2. The normalized spacial score (nSPS) is 8.20. The summed E-state index contributed by atoms with van der Waals surface area (Å²) in [6, 6.07) is 6.57. The Kier molecular flexibility index (Phi) is 4.83. The summed E-state index contributed by atoms with van der Waals surface area (Å²) in [7, 11) is 3.91. The first-order valence-corrected chi connectivity index (χ1v) is 2.80. The summed E-state index contributed by atoms with van der Waals surface area (Å²) in [5.74, 6) is 0.942. The van der Waals surface area contributed by atoms with Crippen LogP contribution in [0.2, 0.25) is 0 Å². The molecule has 0 amide bonds. The largest absolute Gasteiger partial charge is 0.414 e. The quantitative estimate of drug-likeness (QED) is 0.641. The van der Waals surface area contributed by atoms with Crippen LogP contribution in [0.1, 0.15) is 0 Å². The minimum atomic E-state index is 0. The zero-order valence-corrected chi connectivity index (χ0v) is 9.04. The molecule has 1 rings (SSSR count). The van der Waals surface area contributed by atoms with E-state index in [1.807, 2.05) is 25.1 Å². The minimum absolute atomic E-state index is 0. The molecule has 0 unspecified atom stereocenters. The molecule has 0 atom stereocenters. The Morgan fingerprint density at radius 2 is 2.20 bits per heavy atom. The van der Waals surface area contributed by atoms with Crippen molar-refractivity contribution in [1.82, 2.24) is 4.98 Å². The van der Waals surface area contributed by atoms with Gasteiger partial charge in [-0.2, -0.15) is 12.1 Å². The molecule has 0 saturated heterocycles. The Morgan fingerprint density at radius 3 is 2.50 bits per heavy atom. The van der Waals surface area contributed by atoms with E-state index in [1.165, 1.54) is 0 Å². The van der Waals surface area contributed by atoms with Crippen LogP contribution in [0.4, 0.5) is 5.82 Å². The Hall–Kier alpha value is 0.0539. The monoisotopic (exact) mass is 210 g/mol. The van der Waals surface area contributed by atoms with Crippen LogP contribution >= 0.6 is 0 Å². The first-order valence-electron chi connectivity index (χ1n) is 2.80. The molecular formula is C7H9N2Y-. The Labute approximate surface area is 86.5 Å². The van der Waals surface area contributed by atoms with Crippen LogP contribution in [0.3, 0.4) is 0 Å². The first kappa shape index (κ1) is 10.1. The molecule has 0 spiro atoms. The predicted octanol–water partition coefficient (Wildman–Crippen LogP) is 0.945. The van der Waals surface area contributed by atoms with Gasteiger partial charge in [-0.05, 0) is 14.1 Å². The van der Waals surface area contributed by atoms with Gasteiger partial charge < -0.3 is 9.88 Å². The number of aromatic nitrogens is 1. The van der Waals surface area contributed by atoms with Gasteiger partial charge in [0.1, 0.15) is 0 Å². The molecule has 1 heterocycles. The molecule has 51 valence electrons. The van der Waals surface area contributed by atoms with Gasteiger partial charge in [0.25, 0.3) is 0 Å². The smallest absolute Gasteiger partial charge is 0.0135 e. The molecule has 0 aliphatic heterocycles. The number of nitrogens with zero attached hydrogens (tertiary/aromatic N) is 2. The summed E-state index contributed by atoms with van der Waals surface area (Å²) in [6.45, 7) is 0. The van der Waals surface area contributed by atoms with Crippen molar-refractivity contribution in [2.24, 2.45) is 0 Å². The molecule has 0 saturated carbocycles. The second-order valence-electron chi connectivity index (χ2n) is 2.01. The van der Waals surface area contributed by atoms with Gasteiger partial charge in [-0.25, -0.2) is 0 Å². The van der Waals surface area contributed by atoms with Crippen LogP contribution in [0.25, 0.3) is 0 Å². The maximum Gasteiger partial charge on any atom is 0.0135 e. The van der Waals surface area contributed by atoms with Crippen molar-refractivity contribution in [3.63, 3.8) is 0 Å². The van der Waals surface area contributed by atoms with Crippen LogP contribution in [0.15, 0.2) is 18.3 Å². The van der Waals surface area contributed by atoms with Gasteiger partial charge in [0.05, 0.1) is 0 Å². The third-order valence-electron chi connectivity index (χ3n) is 1.05. The van der Waals surface area contributed by atoms with Crippen LogP contribution < -0.4 is 4.90 Å². The van der Waals surface area contributed by atoms with Gasteiger partial charge in [0.2, 0.25) is 0 Å². The molecule has 1 radical (unpaired) electrons. The first-order chi connectivity index (χ1) is 4.30. The average Bonchev–Trinajstić information content (AvgIpc) is 1.90. The van der Waals surface area contributed by atoms with Gasteiger partial charge in [0, 0.05) is 38.5 Å². The molecule has 3 heteroatoms. The van der Waals surface area contributed by atoms with Crippen molar-refractivity contribution in [1.29, 1.82) is 0 Å². The maximum absolute atomic E-state index is 4.07. The molecule has 0 aromatic carbocycles. The van der Waals surface area contributed by atoms with E-state index in [1.54, 1.807) is 12.3 Å². The zero-order chi connectivity index (χ0) is 6.69. The topological polar surface area (TPSA) is 16.1 Å². The molecule has 2 nitrogen and oxygen atoms in total. The Bertz CT molecular complexity index is 174. The van der Waals surface area contributed by atoms with Gasteiger partial charge in [-0.15, -0.1) is 6.07 Å². The average molecular weight is 210 g/mol. The van der Waals surface area contributed by atoms with Crippen LogP contribution in [-0.4, -0.2) is 19.1 Å². The number of rotatable bonds is 1. The van der Waals surface area contributed by atoms with Crippen molar-refractivity contribution in [3.8, 4) is 0 Å². The fourth-order valence-electron chi connectivity index (χ4n) is 0.561. The van der Waals surface area contributed by atoms with Crippen LogP contribution in [-0.2, 0) is 32.7 Å². The van der Waals surface area contributed by atoms with Crippen LogP contribution in [0.5, 0.6) is 0 Å². The van der Waals surface area contributed by atoms with E-state index in [0.29, 0.717) is 0 Å². The van der Waals surface area contributed by atoms with E-state index in [-0.39, 0.29) is 32.7 Å². The molecule has 1 aromatic rings.